The van der Waals surface area contributed by atoms with E-state index < -0.39 is 70.6 Å². The number of aliphatic hydroxyl groups excluding tert-OH is 3. The number of nitrogens with one attached hydrogen (secondary N) is 1. The Bertz CT molecular complexity index is 1240. The molecule has 188 valence electrons. The van der Waals surface area contributed by atoms with Gasteiger partial charge in [-0.15, -0.1) is 0 Å². The lowest BCUT2D eigenvalue weighted by Gasteiger charge is -2.20. The molecule has 1 aromatic carbocycles. The molecule has 1 aliphatic heterocycles. The van der Waals surface area contributed by atoms with Crippen LogP contribution in [0.15, 0.2) is 40.1 Å². The van der Waals surface area contributed by atoms with Gasteiger partial charge in [0.05, 0.1) is 19.4 Å². The van der Waals surface area contributed by atoms with Gasteiger partial charge in [-0.1, -0.05) is 23.8 Å². The summed E-state index contributed by atoms with van der Waals surface area (Å²) in [6.07, 6.45) is -5.88. The summed E-state index contributed by atoms with van der Waals surface area (Å²) in [6.45, 7) is 0.471. The second-order valence-corrected chi connectivity index (χ2v) is 11.1. The molecule has 16 heteroatoms. The number of ether oxygens (including phenoxy) is 1. The molecule has 0 saturated carbocycles. The monoisotopic (exact) mass is 522 g/mol. The molecule has 1 saturated heterocycles. The number of nitrogens with zero attached hydrogens (tertiary/aromatic N) is 1. The molecule has 1 aromatic heterocycles. The number of H-pyrrole nitrogens is 1. The zero-order valence-electron chi connectivity index (χ0n) is 17.8. The average Bonchev–Trinajstić information content (AvgIpc) is 3.01. The van der Waals surface area contributed by atoms with Gasteiger partial charge in [-0.3, -0.25) is 23.4 Å². The van der Waals surface area contributed by atoms with Crippen molar-refractivity contribution in [3.8, 4) is 0 Å². The van der Waals surface area contributed by atoms with Crippen molar-refractivity contribution in [1.29, 1.82) is 0 Å². The highest BCUT2D eigenvalue weighted by Gasteiger charge is 2.45. The number of aryl methyl sites for hydroxylation is 1. The lowest BCUT2D eigenvalue weighted by molar-refractivity contribution is -0.0541. The first-order chi connectivity index (χ1) is 15.8. The van der Waals surface area contributed by atoms with Crippen LogP contribution in [0.2, 0.25) is 0 Å². The van der Waals surface area contributed by atoms with Crippen molar-refractivity contribution in [2.24, 2.45) is 0 Å². The van der Waals surface area contributed by atoms with E-state index in [-0.39, 0.29) is 5.56 Å². The van der Waals surface area contributed by atoms with Gasteiger partial charge in [-0.05, 0) is 18.1 Å². The Morgan fingerprint density at radius 1 is 1.12 bits per heavy atom. The molecule has 2 heterocycles. The summed E-state index contributed by atoms with van der Waals surface area (Å²) >= 11 is 0. The third kappa shape index (κ3) is 6.37. The summed E-state index contributed by atoms with van der Waals surface area (Å²) in [6, 6.07) is 5.66. The van der Waals surface area contributed by atoms with Crippen LogP contribution in [0.5, 0.6) is 0 Å². The first-order valence-electron chi connectivity index (χ1n) is 9.85. The molecule has 0 spiro atoms. The standard InChI is InChI=1S/C18H24N2O12P2/c1-10-2-3-11(12(6-10)7-21)9-33(26,27)32-34(28,29)30-8-13-15(23)16(24)17(31-13)20-5-4-14(22)19-18(20)25/h2-6,13,15-17,21,23-24H,7-9H2,1H3,(H,26,27)(H,28,29)(H,19,22,25)/t13-,15?,16+,17-/m1/s1. The van der Waals surface area contributed by atoms with Crippen molar-refractivity contribution in [2.45, 2.75) is 44.2 Å². The second-order valence-electron chi connectivity index (χ2n) is 7.64. The number of hydrogen-bond acceptors (Lipinski definition) is 10. The molecule has 34 heavy (non-hydrogen) atoms. The molecule has 1 fully saturated rings. The minimum Gasteiger partial charge on any atom is -0.392 e. The molecule has 0 aliphatic carbocycles. The Kier molecular flexibility index (Phi) is 8.10. The Morgan fingerprint density at radius 2 is 1.82 bits per heavy atom. The number of aromatic amines is 1. The molecule has 3 unspecified atom stereocenters. The molecular weight excluding hydrogens is 498 g/mol. The van der Waals surface area contributed by atoms with Gasteiger partial charge < -0.3 is 29.8 Å². The minimum absolute atomic E-state index is 0.228. The predicted molar refractivity (Wildman–Crippen MR) is 115 cm³/mol. The van der Waals surface area contributed by atoms with E-state index in [0.29, 0.717) is 5.56 Å². The Labute approximate surface area is 192 Å². The number of phosphoric ester groups is 1. The lowest BCUT2D eigenvalue weighted by Crippen LogP contribution is -2.37. The van der Waals surface area contributed by atoms with Gasteiger partial charge in [-0.2, -0.15) is 0 Å². The van der Waals surface area contributed by atoms with E-state index >= 15 is 0 Å². The summed E-state index contributed by atoms with van der Waals surface area (Å²) < 4.78 is 39.9. The molecule has 0 radical (unpaired) electrons. The number of benzene rings is 1. The van der Waals surface area contributed by atoms with Crippen molar-refractivity contribution in [2.75, 3.05) is 6.61 Å². The quantitative estimate of drug-likeness (QED) is 0.229. The number of phosphoric acid groups is 1. The van der Waals surface area contributed by atoms with Crippen LogP contribution in [0.4, 0.5) is 0 Å². The highest BCUT2D eigenvalue weighted by Crippen LogP contribution is 2.61. The molecule has 0 amide bonds. The highest BCUT2D eigenvalue weighted by atomic mass is 31.3. The molecule has 0 bridgehead atoms. The third-order valence-corrected chi connectivity index (χ3v) is 8.06. The van der Waals surface area contributed by atoms with Crippen LogP contribution in [0.1, 0.15) is 22.9 Å². The van der Waals surface area contributed by atoms with Gasteiger partial charge in [0.2, 0.25) is 0 Å². The molecular formula is C18H24N2O12P2. The summed E-state index contributed by atoms with van der Waals surface area (Å²) in [4.78, 5) is 45.0. The van der Waals surface area contributed by atoms with Crippen molar-refractivity contribution >= 4 is 15.4 Å². The van der Waals surface area contributed by atoms with Gasteiger partial charge >= 0.3 is 21.1 Å². The Balaban J connectivity index is 1.65. The second kappa shape index (κ2) is 10.3. The number of rotatable bonds is 9. The third-order valence-electron chi connectivity index (χ3n) is 5.00. The van der Waals surface area contributed by atoms with Crippen LogP contribution in [0.25, 0.3) is 0 Å². The fourth-order valence-corrected chi connectivity index (χ4v) is 6.16. The maximum absolute atomic E-state index is 12.4. The van der Waals surface area contributed by atoms with Crippen LogP contribution in [-0.2, 0) is 35.5 Å². The van der Waals surface area contributed by atoms with Gasteiger partial charge in [-0.25, -0.2) is 13.7 Å². The molecule has 3 rings (SSSR count). The number of aromatic nitrogens is 2. The van der Waals surface area contributed by atoms with Crippen molar-refractivity contribution < 1.29 is 47.8 Å². The first-order valence-corrected chi connectivity index (χ1v) is 13.1. The van der Waals surface area contributed by atoms with Crippen LogP contribution in [-0.4, -0.2) is 59.6 Å². The summed E-state index contributed by atoms with van der Waals surface area (Å²) in [5, 5.41) is 29.8. The van der Waals surface area contributed by atoms with Gasteiger partial charge in [0, 0.05) is 12.3 Å². The fraction of sp³-hybridized carbons (Fsp3) is 0.444. The van der Waals surface area contributed by atoms with Crippen molar-refractivity contribution in [1.82, 2.24) is 9.55 Å². The van der Waals surface area contributed by atoms with Gasteiger partial charge in [0.1, 0.15) is 18.3 Å². The first kappa shape index (κ1) is 26.6. The fourth-order valence-electron chi connectivity index (χ4n) is 3.38. The topological polar surface area (TPSA) is 218 Å². The van der Waals surface area contributed by atoms with Crippen LogP contribution in [0.3, 0.4) is 0 Å². The average molecular weight is 522 g/mol. The van der Waals surface area contributed by atoms with E-state index in [0.717, 1.165) is 22.4 Å². The number of aliphatic hydroxyl groups is 3. The summed E-state index contributed by atoms with van der Waals surface area (Å²) in [7, 11) is -9.89. The van der Waals surface area contributed by atoms with Crippen molar-refractivity contribution in [3.05, 3.63) is 68.0 Å². The van der Waals surface area contributed by atoms with Gasteiger partial charge in [0.25, 0.3) is 5.56 Å². The molecule has 14 nitrogen and oxygen atoms in total. The van der Waals surface area contributed by atoms with E-state index in [4.69, 9.17) is 4.74 Å². The normalized spacial score (nSPS) is 26.2. The predicted octanol–water partition coefficient (Wildman–Crippen LogP) is -0.524. The van der Waals surface area contributed by atoms with Crippen molar-refractivity contribution in [3.63, 3.8) is 0 Å². The molecule has 6 atom stereocenters. The van der Waals surface area contributed by atoms with Crippen LogP contribution >= 0.6 is 15.4 Å². The zero-order chi connectivity index (χ0) is 25.3. The minimum atomic E-state index is -5.16. The summed E-state index contributed by atoms with van der Waals surface area (Å²) in [5.74, 6) is 0. The molecule has 2 aromatic rings. The smallest absolute Gasteiger partial charge is 0.392 e. The Hall–Kier alpha value is -1.96. The van der Waals surface area contributed by atoms with E-state index in [1.807, 2.05) is 4.98 Å². The highest BCUT2D eigenvalue weighted by molar-refractivity contribution is 7.63. The largest absolute Gasteiger partial charge is 0.479 e. The SMILES string of the molecule is Cc1ccc(CP(=O)(O)OP(=O)(O)OC[C@H]2O[C@@H](n3ccc(=O)[nH]c3=O)[C@@H](O)C2O)c(CO)c1. The Morgan fingerprint density at radius 3 is 2.47 bits per heavy atom. The molecule has 1 aliphatic rings. The van der Waals surface area contributed by atoms with E-state index in [1.54, 1.807) is 19.1 Å². The lowest BCUT2D eigenvalue weighted by atomic mass is 10.1. The summed E-state index contributed by atoms with van der Waals surface area (Å²) in [5.41, 5.74) is -0.270. The van der Waals surface area contributed by atoms with Crippen LogP contribution < -0.4 is 11.2 Å². The van der Waals surface area contributed by atoms with Gasteiger partial charge in [0.15, 0.2) is 6.23 Å². The number of hydrogen-bond donors (Lipinski definition) is 6. The van der Waals surface area contributed by atoms with E-state index in [2.05, 4.69) is 8.83 Å². The zero-order valence-corrected chi connectivity index (χ0v) is 19.5. The maximum Gasteiger partial charge on any atom is 0.479 e. The molecule has 6 N–H and O–H groups in total. The maximum atomic E-state index is 12.4. The van der Waals surface area contributed by atoms with E-state index in [1.165, 1.54) is 6.07 Å². The van der Waals surface area contributed by atoms with E-state index in [9.17, 15) is 43.8 Å². The van der Waals surface area contributed by atoms with Crippen LogP contribution in [0, 0.1) is 6.92 Å².